The molecule has 0 saturated heterocycles. The second-order valence-corrected chi connectivity index (χ2v) is 9.17. The molecule has 0 unspecified atom stereocenters. The minimum Gasteiger partial charge on any atom is -0.284 e. The molecular weight excluding hydrogens is 468 g/mol. The summed E-state index contributed by atoms with van der Waals surface area (Å²) in [5.74, 6) is -0.323. The first-order valence-electron chi connectivity index (χ1n) is 9.38. The van der Waals surface area contributed by atoms with E-state index in [1.54, 1.807) is 18.2 Å². The van der Waals surface area contributed by atoms with Gasteiger partial charge < -0.3 is 0 Å². The average molecular weight is 483 g/mol. The molecule has 32 heavy (non-hydrogen) atoms. The van der Waals surface area contributed by atoms with Gasteiger partial charge in [-0.3, -0.25) is 9.71 Å². The summed E-state index contributed by atoms with van der Waals surface area (Å²) in [6.45, 7) is 0.507. The van der Waals surface area contributed by atoms with Gasteiger partial charge in [-0.25, -0.2) is 12.8 Å². The number of aliphatic imine (C=N–C) groups is 1. The average Bonchev–Trinajstić information content (AvgIpc) is 2.72. The molecule has 0 amide bonds. The Morgan fingerprint density at radius 3 is 2.34 bits per heavy atom. The molecule has 1 aliphatic heterocycles. The molecule has 4 rings (SSSR count). The Balaban J connectivity index is 1.58. The SMILES string of the molecule is O=S(=O)(Nc1ccc(C2=NCCc3cc(F)ccc32)cc1)c1ccc(C(F)(F)F)cc1Cl. The first-order valence-corrected chi connectivity index (χ1v) is 11.2. The van der Waals surface area contributed by atoms with Crippen LogP contribution in [0.25, 0.3) is 0 Å². The minimum atomic E-state index is -4.64. The van der Waals surface area contributed by atoms with Gasteiger partial charge in [0.15, 0.2) is 0 Å². The van der Waals surface area contributed by atoms with Gasteiger partial charge in [0.25, 0.3) is 10.0 Å². The predicted octanol–water partition coefficient (Wildman–Crippen LogP) is 5.69. The van der Waals surface area contributed by atoms with Crippen molar-refractivity contribution in [2.75, 3.05) is 11.3 Å². The maximum Gasteiger partial charge on any atom is 0.416 e. The van der Waals surface area contributed by atoms with Crippen LogP contribution in [0, 0.1) is 5.82 Å². The highest BCUT2D eigenvalue weighted by atomic mass is 35.5. The summed E-state index contributed by atoms with van der Waals surface area (Å²) < 4.78 is 79.5. The molecule has 166 valence electrons. The van der Waals surface area contributed by atoms with E-state index in [0.717, 1.165) is 17.2 Å². The molecule has 0 radical (unpaired) electrons. The first kappa shape index (κ1) is 22.3. The van der Waals surface area contributed by atoms with Crippen LogP contribution in [-0.4, -0.2) is 20.7 Å². The molecule has 0 saturated carbocycles. The van der Waals surface area contributed by atoms with Crippen LogP contribution >= 0.6 is 11.6 Å². The van der Waals surface area contributed by atoms with Crippen molar-refractivity contribution in [3.8, 4) is 0 Å². The second-order valence-electron chi connectivity index (χ2n) is 7.11. The van der Waals surface area contributed by atoms with Crippen molar-refractivity contribution in [1.29, 1.82) is 0 Å². The van der Waals surface area contributed by atoms with Crippen molar-refractivity contribution in [1.82, 2.24) is 0 Å². The molecule has 1 aliphatic rings. The molecule has 3 aromatic carbocycles. The van der Waals surface area contributed by atoms with E-state index >= 15 is 0 Å². The smallest absolute Gasteiger partial charge is 0.284 e. The molecule has 1 N–H and O–H groups in total. The van der Waals surface area contributed by atoms with E-state index in [0.29, 0.717) is 36.4 Å². The standard InChI is InChI=1S/C22H15ClF4N2O2S/c23-19-12-15(22(25,26)27)3-8-20(19)32(30,31)29-17-5-1-13(2-6-17)21-18-7-4-16(24)11-14(18)9-10-28-21/h1-8,11-12,29H,9-10H2. The summed E-state index contributed by atoms with van der Waals surface area (Å²) >= 11 is 5.81. The van der Waals surface area contributed by atoms with Crippen LogP contribution in [0.4, 0.5) is 23.2 Å². The Labute approximate surface area is 186 Å². The quantitative estimate of drug-likeness (QED) is 0.485. The maximum absolute atomic E-state index is 13.5. The third kappa shape index (κ3) is 4.49. The van der Waals surface area contributed by atoms with Crippen molar-refractivity contribution in [2.45, 2.75) is 17.5 Å². The molecule has 4 nitrogen and oxygen atoms in total. The van der Waals surface area contributed by atoms with E-state index in [1.807, 2.05) is 0 Å². The lowest BCUT2D eigenvalue weighted by Gasteiger charge is -2.17. The molecule has 0 bridgehead atoms. The van der Waals surface area contributed by atoms with Crippen LogP contribution in [-0.2, 0) is 22.6 Å². The van der Waals surface area contributed by atoms with Crippen molar-refractivity contribution in [3.05, 3.63) is 93.8 Å². The van der Waals surface area contributed by atoms with E-state index in [1.165, 1.54) is 24.3 Å². The number of fused-ring (bicyclic) bond motifs is 1. The summed E-state index contributed by atoms with van der Waals surface area (Å²) in [6.07, 6.45) is -4.01. The van der Waals surface area contributed by atoms with E-state index in [2.05, 4.69) is 9.71 Å². The minimum absolute atomic E-state index is 0.195. The topological polar surface area (TPSA) is 58.5 Å². The van der Waals surface area contributed by atoms with E-state index in [4.69, 9.17) is 11.6 Å². The van der Waals surface area contributed by atoms with Crippen LogP contribution in [0.5, 0.6) is 0 Å². The van der Waals surface area contributed by atoms with Crippen molar-refractivity contribution in [2.24, 2.45) is 4.99 Å². The van der Waals surface area contributed by atoms with Gasteiger partial charge in [-0.05, 0) is 60.5 Å². The summed E-state index contributed by atoms with van der Waals surface area (Å²) in [6, 6.07) is 12.9. The molecule has 0 atom stereocenters. The Morgan fingerprint density at radius 1 is 0.969 bits per heavy atom. The first-order chi connectivity index (χ1) is 15.0. The van der Waals surface area contributed by atoms with Crippen molar-refractivity contribution >= 4 is 33.0 Å². The van der Waals surface area contributed by atoms with Crippen LogP contribution in [0.2, 0.25) is 5.02 Å². The lowest BCUT2D eigenvalue weighted by atomic mass is 9.93. The fourth-order valence-electron chi connectivity index (χ4n) is 3.42. The number of halogens is 5. The molecule has 0 aliphatic carbocycles. The Kier molecular flexibility index (Phi) is 5.72. The third-order valence-electron chi connectivity index (χ3n) is 4.93. The number of alkyl halides is 3. The van der Waals surface area contributed by atoms with Crippen LogP contribution < -0.4 is 4.72 Å². The second kappa shape index (κ2) is 8.22. The van der Waals surface area contributed by atoms with Crippen LogP contribution in [0.1, 0.15) is 22.3 Å². The van der Waals surface area contributed by atoms with Gasteiger partial charge in [0.2, 0.25) is 0 Å². The van der Waals surface area contributed by atoms with E-state index in [-0.39, 0.29) is 11.5 Å². The molecule has 1 heterocycles. The largest absolute Gasteiger partial charge is 0.416 e. The molecule has 0 spiro atoms. The van der Waals surface area contributed by atoms with Gasteiger partial charge in [0, 0.05) is 23.4 Å². The highest BCUT2D eigenvalue weighted by Crippen LogP contribution is 2.34. The van der Waals surface area contributed by atoms with Gasteiger partial charge in [-0.15, -0.1) is 0 Å². The number of rotatable bonds is 4. The van der Waals surface area contributed by atoms with Crippen molar-refractivity contribution < 1.29 is 26.0 Å². The number of nitrogens with zero attached hydrogens (tertiary/aromatic N) is 1. The summed E-state index contributed by atoms with van der Waals surface area (Å²) in [4.78, 5) is 4.04. The number of hydrogen-bond donors (Lipinski definition) is 1. The fourth-order valence-corrected chi connectivity index (χ4v) is 5.03. The zero-order valence-electron chi connectivity index (χ0n) is 16.2. The lowest BCUT2D eigenvalue weighted by molar-refractivity contribution is -0.137. The summed E-state index contributed by atoms with van der Waals surface area (Å²) in [7, 11) is -4.22. The lowest BCUT2D eigenvalue weighted by Crippen LogP contribution is -2.16. The van der Waals surface area contributed by atoms with Gasteiger partial charge in [-0.2, -0.15) is 13.2 Å². The van der Waals surface area contributed by atoms with Gasteiger partial charge in [0.1, 0.15) is 10.7 Å². The van der Waals surface area contributed by atoms with Gasteiger partial charge in [-0.1, -0.05) is 23.7 Å². The van der Waals surface area contributed by atoms with Gasteiger partial charge >= 0.3 is 6.18 Å². The monoisotopic (exact) mass is 482 g/mol. The molecule has 3 aromatic rings. The van der Waals surface area contributed by atoms with Crippen molar-refractivity contribution in [3.63, 3.8) is 0 Å². The number of nitrogens with one attached hydrogen (secondary N) is 1. The Hall–Kier alpha value is -2.91. The van der Waals surface area contributed by atoms with E-state index in [9.17, 15) is 26.0 Å². The number of anilines is 1. The fraction of sp³-hybridized carbons (Fsp3) is 0.136. The zero-order valence-corrected chi connectivity index (χ0v) is 17.8. The Bertz CT molecular complexity index is 1320. The number of benzene rings is 3. The number of sulfonamides is 1. The maximum atomic E-state index is 13.5. The van der Waals surface area contributed by atoms with E-state index < -0.39 is 31.7 Å². The molecule has 0 aromatic heterocycles. The molecular formula is C22H15ClF4N2O2S. The zero-order chi connectivity index (χ0) is 23.1. The molecule has 0 fully saturated rings. The van der Waals surface area contributed by atoms with Gasteiger partial charge in [0.05, 0.1) is 16.3 Å². The number of hydrogen-bond acceptors (Lipinski definition) is 3. The van der Waals surface area contributed by atoms with Crippen LogP contribution in [0.3, 0.4) is 0 Å². The third-order valence-corrected chi connectivity index (χ3v) is 6.80. The Morgan fingerprint density at radius 2 is 1.69 bits per heavy atom. The summed E-state index contributed by atoms with van der Waals surface area (Å²) in [5, 5.41) is -0.538. The van der Waals surface area contributed by atoms with Crippen LogP contribution in [0.15, 0.2) is 70.6 Å². The predicted molar refractivity (Wildman–Crippen MR) is 114 cm³/mol. The molecule has 10 heteroatoms. The highest BCUT2D eigenvalue weighted by molar-refractivity contribution is 7.92. The summed E-state index contributed by atoms with van der Waals surface area (Å²) in [5.41, 5.74) is 2.19. The highest BCUT2D eigenvalue weighted by Gasteiger charge is 2.32. The normalized spacial score (nSPS) is 14.0.